The second kappa shape index (κ2) is 9.33. The lowest BCUT2D eigenvalue weighted by Crippen LogP contribution is -2.12. The summed E-state index contributed by atoms with van der Waals surface area (Å²) in [5, 5.41) is 30.4. The van der Waals surface area contributed by atoms with E-state index in [-0.39, 0.29) is 42.1 Å². The zero-order valence-electron chi connectivity index (χ0n) is 13.2. The van der Waals surface area contributed by atoms with E-state index in [0.29, 0.717) is 3.57 Å². The summed E-state index contributed by atoms with van der Waals surface area (Å²) in [5.41, 5.74) is -0.0361. The highest BCUT2D eigenvalue weighted by Crippen LogP contribution is 2.30. The van der Waals surface area contributed by atoms with E-state index in [2.05, 4.69) is 4.99 Å². The van der Waals surface area contributed by atoms with Gasteiger partial charge in [0.05, 0.1) is 24.7 Å². The first kappa shape index (κ1) is 20.0. The Morgan fingerprint density at radius 3 is 2.71 bits per heavy atom. The van der Waals surface area contributed by atoms with Crippen molar-refractivity contribution >= 4 is 46.2 Å². The molecule has 0 heterocycles. The monoisotopic (exact) mass is 448 g/mol. The van der Waals surface area contributed by atoms with Crippen LogP contribution >= 0.6 is 22.6 Å². The predicted molar refractivity (Wildman–Crippen MR) is 97.2 cm³/mol. The number of carbonyl (C=O) groups is 1. The summed E-state index contributed by atoms with van der Waals surface area (Å²) in [6.07, 6.45) is 1.09. The normalized spacial score (nSPS) is 12.2. The maximum Gasteiger partial charge on any atom is 0.343 e. The minimum atomic E-state index is -0.808. The van der Waals surface area contributed by atoms with Crippen LogP contribution in [0.5, 0.6) is 0 Å². The standard InChI is InChI=1S/C15H17IN2O6/c1-3-24-15(21)12(8-17-4-5-19)14(20)11-6-10(16)7-13(9(11)2)18(22)23/h6-8,19-20H,3-5H2,1-2H3. The van der Waals surface area contributed by atoms with Gasteiger partial charge in [0.25, 0.3) is 5.69 Å². The van der Waals surface area contributed by atoms with Crippen LogP contribution in [-0.4, -0.2) is 47.1 Å². The molecule has 1 aromatic rings. The third kappa shape index (κ3) is 4.99. The van der Waals surface area contributed by atoms with Crippen LogP contribution in [0, 0.1) is 20.6 Å². The van der Waals surface area contributed by atoms with E-state index in [9.17, 15) is 20.0 Å². The number of aliphatic hydroxyl groups is 2. The maximum absolute atomic E-state index is 12.0. The molecular weight excluding hydrogens is 431 g/mol. The molecule has 0 radical (unpaired) electrons. The van der Waals surface area contributed by atoms with Crippen molar-refractivity contribution in [2.24, 2.45) is 4.99 Å². The lowest BCUT2D eigenvalue weighted by Gasteiger charge is -2.10. The fraction of sp³-hybridized carbons (Fsp3) is 0.333. The predicted octanol–water partition coefficient (Wildman–Crippen LogP) is 2.40. The molecule has 0 saturated carbocycles. The molecule has 0 atom stereocenters. The van der Waals surface area contributed by atoms with Gasteiger partial charge in [-0.1, -0.05) is 0 Å². The Morgan fingerprint density at radius 1 is 1.50 bits per heavy atom. The zero-order valence-corrected chi connectivity index (χ0v) is 15.3. The molecule has 2 N–H and O–H groups in total. The van der Waals surface area contributed by atoms with Crippen molar-refractivity contribution in [1.82, 2.24) is 0 Å². The summed E-state index contributed by atoms with van der Waals surface area (Å²) >= 11 is 1.89. The number of nitro groups is 1. The van der Waals surface area contributed by atoms with Gasteiger partial charge in [-0.15, -0.1) is 0 Å². The van der Waals surface area contributed by atoms with Crippen molar-refractivity contribution < 1.29 is 24.7 Å². The first-order valence-electron chi connectivity index (χ1n) is 6.99. The van der Waals surface area contributed by atoms with Gasteiger partial charge in [-0.2, -0.15) is 0 Å². The number of hydrogen-bond acceptors (Lipinski definition) is 7. The molecule has 8 nitrogen and oxygen atoms in total. The van der Waals surface area contributed by atoms with Crippen molar-refractivity contribution in [2.75, 3.05) is 19.8 Å². The lowest BCUT2D eigenvalue weighted by atomic mass is 10.0. The first-order valence-corrected chi connectivity index (χ1v) is 8.07. The van der Waals surface area contributed by atoms with Gasteiger partial charge >= 0.3 is 5.97 Å². The number of esters is 1. The molecule has 0 aromatic heterocycles. The second-order valence-corrected chi connectivity index (χ2v) is 5.84. The molecule has 0 aliphatic rings. The van der Waals surface area contributed by atoms with E-state index in [1.165, 1.54) is 19.1 Å². The molecule has 0 aliphatic heterocycles. The molecule has 0 amide bonds. The highest BCUT2D eigenvalue weighted by atomic mass is 127. The van der Waals surface area contributed by atoms with E-state index in [1.54, 1.807) is 6.92 Å². The molecule has 0 bridgehead atoms. The molecular formula is C15H17IN2O6. The van der Waals surface area contributed by atoms with Crippen molar-refractivity contribution in [3.05, 3.63) is 42.5 Å². The van der Waals surface area contributed by atoms with Crippen molar-refractivity contribution in [2.45, 2.75) is 13.8 Å². The molecule has 0 aliphatic carbocycles. The van der Waals surface area contributed by atoms with Crippen molar-refractivity contribution in [3.8, 4) is 0 Å². The van der Waals surface area contributed by atoms with E-state index in [0.717, 1.165) is 6.21 Å². The summed E-state index contributed by atoms with van der Waals surface area (Å²) in [6.45, 7) is 3.00. The zero-order chi connectivity index (χ0) is 18.3. The third-order valence-corrected chi connectivity index (χ3v) is 3.62. The first-order chi connectivity index (χ1) is 11.3. The minimum absolute atomic E-state index is 0.0433. The molecule has 130 valence electrons. The van der Waals surface area contributed by atoms with Gasteiger partial charge in [0.1, 0.15) is 11.3 Å². The average Bonchev–Trinajstić information content (AvgIpc) is 2.52. The van der Waals surface area contributed by atoms with Crippen LogP contribution in [0.25, 0.3) is 5.76 Å². The van der Waals surface area contributed by atoms with E-state index < -0.39 is 16.7 Å². The Balaban J connectivity index is 3.54. The Kier molecular flexibility index (Phi) is 7.79. The third-order valence-electron chi connectivity index (χ3n) is 3.00. The molecule has 24 heavy (non-hydrogen) atoms. The highest BCUT2D eigenvalue weighted by molar-refractivity contribution is 14.1. The number of halogens is 1. The number of nitrogens with zero attached hydrogens (tertiary/aromatic N) is 2. The van der Waals surface area contributed by atoms with Crippen LogP contribution in [0.1, 0.15) is 18.1 Å². The molecule has 0 spiro atoms. The number of aliphatic hydroxyl groups excluding tert-OH is 2. The summed E-state index contributed by atoms with van der Waals surface area (Å²) in [5.74, 6) is -1.27. The Bertz CT molecular complexity index is 699. The van der Waals surface area contributed by atoms with Crippen LogP contribution in [0.4, 0.5) is 5.69 Å². The smallest absolute Gasteiger partial charge is 0.343 e. The molecule has 9 heteroatoms. The highest BCUT2D eigenvalue weighted by Gasteiger charge is 2.22. The second-order valence-electron chi connectivity index (χ2n) is 4.60. The van der Waals surface area contributed by atoms with Crippen LogP contribution in [0.15, 0.2) is 22.7 Å². The molecule has 1 rings (SSSR count). The quantitative estimate of drug-likeness (QED) is 0.126. The number of hydrogen-bond donors (Lipinski definition) is 2. The van der Waals surface area contributed by atoms with Gasteiger partial charge in [-0.05, 0) is 42.5 Å². The lowest BCUT2D eigenvalue weighted by molar-refractivity contribution is -0.385. The Morgan fingerprint density at radius 2 is 2.17 bits per heavy atom. The number of benzene rings is 1. The Labute approximate surface area is 152 Å². The number of rotatable bonds is 7. The largest absolute Gasteiger partial charge is 0.506 e. The summed E-state index contributed by atoms with van der Waals surface area (Å²) in [4.78, 5) is 26.4. The number of aliphatic imine (C=N–C) groups is 1. The van der Waals surface area contributed by atoms with Crippen molar-refractivity contribution in [1.29, 1.82) is 0 Å². The van der Waals surface area contributed by atoms with Gasteiger partial charge < -0.3 is 14.9 Å². The van der Waals surface area contributed by atoms with Gasteiger partial charge in [0, 0.05) is 27.0 Å². The van der Waals surface area contributed by atoms with Crippen LogP contribution < -0.4 is 0 Å². The molecule has 0 unspecified atom stereocenters. The number of carbonyl (C=O) groups excluding carboxylic acids is 1. The fourth-order valence-electron chi connectivity index (χ4n) is 1.88. The molecule has 1 aromatic carbocycles. The van der Waals surface area contributed by atoms with Crippen LogP contribution in [0.3, 0.4) is 0 Å². The molecule has 0 fully saturated rings. The fourth-order valence-corrected chi connectivity index (χ4v) is 2.48. The van der Waals surface area contributed by atoms with Crippen LogP contribution in [-0.2, 0) is 9.53 Å². The van der Waals surface area contributed by atoms with Gasteiger partial charge in [0.15, 0.2) is 0 Å². The topological polar surface area (TPSA) is 122 Å². The number of nitro benzene ring substituents is 1. The van der Waals surface area contributed by atoms with E-state index in [4.69, 9.17) is 9.84 Å². The minimum Gasteiger partial charge on any atom is -0.506 e. The van der Waals surface area contributed by atoms with Gasteiger partial charge in [-0.3, -0.25) is 15.1 Å². The van der Waals surface area contributed by atoms with Crippen LogP contribution in [0.2, 0.25) is 0 Å². The summed E-state index contributed by atoms with van der Waals surface area (Å²) in [6, 6.07) is 2.90. The van der Waals surface area contributed by atoms with Gasteiger partial charge in [0.2, 0.25) is 0 Å². The Hall–Kier alpha value is -2.01. The summed E-state index contributed by atoms with van der Waals surface area (Å²) < 4.78 is 5.41. The van der Waals surface area contributed by atoms with E-state index in [1.807, 2.05) is 22.6 Å². The van der Waals surface area contributed by atoms with E-state index >= 15 is 0 Å². The van der Waals surface area contributed by atoms with Crippen molar-refractivity contribution in [3.63, 3.8) is 0 Å². The average molecular weight is 448 g/mol. The van der Waals surface area contributed by atoms with Gasteiger partial charge in [-0.25, -0.2) is 4.79 Å². The maximum atomic E-state index is 12.0. The summed E-state index contributed by atoms with van der Waals surface area (Å²) in [7, 11) is 0. The SMILES string of the molecule is CCOC(=O)C(C=NCCO)=C(O)c1cc(I)cc([N+](=O)[O-])c1C. The molecule has 0 saturated heterocycles. The number of ether oxygens (including phenoxy) is 1.